The Balaban J connectivity index is 1.72. The van der Waals surface area contributed by atoms with Gasteiger partial charge in [-0.2, -0.15) is 11.8 Å². The second-order valence-electron chi connectivity index (χ2n) is 6.22. The largest absolute Gasteiger partial charge is 0.379 e. The van der Waals surface area contributed by atoms with Gasteiger partial charge in [-0.15, -0.1) is 0 Å². The first-order chi connectivity index (χ1) is 11.6. The molecular weight excluding hydrogens is 351 g/mol. The Morgan fingerprint density at radius 2 is 2.04 bits per heavy atom. The maximum atomic E-state index is 13.9. The summed E-state index contributed by atoms with van der Waals surface area (Å²) in [5.74, 6) is 1.13. The molecule has 0 atom stereocenters. The summed E-state index contributed by atoms with van der Waals surface area (Å²) < 4.78 is 19.4. The lowest BCUT2D eigenvalue weighted by Crippen LogP contribution is -2.60. The van der Waals surface area contributed by atoms with Gasteiger partial charge in [-0.05, 0) is 36.5 Å². The molecule has 3 rings (SSSR count). The predicted octanol–water partition coefficient (Wildman–Crippen LogP) is 2.81. The van der Waals surface area contributed by atoms with Crippen LogP contribution in [0.25, 0.3) is 0 Å². The van der Waals surface area contributed by atoms with Gasteiger partial charge in [0.15, 0.2) is 0 Å². The minimum atomic E-state index is -0.584. The third kappa shape index (κ3) is 3.87. The molecule has 1 N–H and O–H groups in total. The van der Waals surface area contributed by atoms with Gasteiger partial charge >= 0.3 is 0 Å². The second-order valence-corrected chi connectivity index (χ2v) is 7.85. The van der Waals surface area contributed by atoms with Crippen molar-refractivity contribution in [3.63, 3.8) is 0 Å². The van der Waals surface area contributed by atoms with E-state index in [4.69, 9.17) is 16.3 Å². The number of ether oxygens (including phenoxy) is 1. The Morgan fingerprint density at radius 1 is 1.33 bits per heavy atom. The molecule has 2 fully saturated rings. The van der Waals surface area contributed by atoms with Crippen molar-refractivity contribution < 1.29 is 13.9 Å². The quantitative estimate of drug-likeness (QED) is 0.882. The number of hydrogen-bond donors (Lipinski definition) is 1. The molecule has 2 aliphatic heterocycles. The van der Waals surface area contributed by atoms with Crippen molar-refractivity contribution in [2.24, 2.45) is 0 Å². The highest BCUT2D eigenvalue weighted by Gasteiger charge is 2.39. The maximum Gasteiger partial charge on any atom is 0.255 e. The summed E-state index contributed by atoms with van der Waals surface area (Å²) in [4.78, 5) is 14.9. The van der Waals surface area contributed by atoms with E-state index in [0.717, 1.165) is 50.7 Å². The van der Waals surface area contributed by atoms with E-state index in [9.17, 15) is 9.18 Å². The van der Waals surface area contributed by atoms with Crippen LogP contribution < -0.4 is 5.32 Å². The van der Waals surface area contributed by atoms with Crippen LogP contribution in [0.4, 0.5) is 4.39 Å². The number of benzene rings is 1. The summed E-state index contributed by atoms with van der Waals surface area (Å²) in [6.45, 7) is 3.71. The maximum absolute atomic E-state index is 13.9. The fraction of sp³-hybridized carbons (Fsp3) is 0.588. The van der Waals surface area contributed by atoms with Crippen LogP contribution in [0.5, 0.6) is 0 Å². The molecule has 4 nitrogen and oxygen atoms in total. The summed E-state index contributed by atoms with van der Waals surface area (Å²) >= 11 is 7.94. The van der Waals surface area contributed by atoms with E-state index >= 15 is 0 Å². The number of hydrogen-bond acceptors (Lipinski definition) is 4. The molecule has 1 aromatic carbocycles. The Hall–Kier alpha value is -0.820. The van der Waals surface area contributed by atoms with E-state index in [0.29, 0.717) is 6.54 Å². The summed E-state index contributed by atoms with van der Waals surface area (Å²) in [7, 11) is 0. The number of carbonyl (C=O) groups is 1. The SMILES string of the molecule is O=C(NCC1(N2CCOCC2)CCSCC1)c1c(F)cccc1Cl. The molecule has 0 bridgehead atoms. The topological polar surface area (TPSA) is 41.6 Å². The normalized spacial score (nSPS) is 21.4. The zero-order valence-corrected chi connectivity index (χ0v) is 15.1. The van der Waals surface area contributed by atoms with Crippen LogP contribution in [0.2, 0.25) is 5.02 Å². The van der Waals surface area contributed by atoms with E-state index < -0.39 is 11.7 Å². The third-order valence-corrected chi connectivity index (χ3v) is 6.17. The van der Waals surface area contributed by atoms with Crippen molar-refractivity contribution in [3.05, 3.63) is 34.6 Å². The number of halogens is 2. The molecule has 2 aliphatic rings. The minimum absolute atomic E-state index is 0.0670. The van der Waals surface area contributed by atoms with Crippen LogP contribution in [-0.2, 0) is 4.74 Å². The van der Waals surface area contributed by atoms with Gasteiger partial charge < -0.3 is 10.1 Å². The summed E-state index contributed by atoms with van der Waals surface area (Å²) in [6.07, 6.45) is 2.03. The van der Waals surface area contributed by atoms with Crippen LogP contribution in [0, 0.1) is 5.82 Å². The monoisotopic (exact) mass is 372 g/mol. The number of rotatable bonds is 4. The first-order valence-electron chi connectivity index (χ1n) is 8.25. The van der Waals surface area contributed by atoms with Crippen LogP contribution in [-0.4, -0.2) is 60.7 Å². The van der Waals surface area contributed by atoms with Gasteiger partial charge in [0.1, 0.15) is 5.82 Å². The van der Waals surface area contributed by atoms with Crippen molar-refractivity contribution in [2.45, 2.75) is 18.4 Å². The molecular formula is C17H22ClFN2O2S. The molecule has 24 heavy (non-hydrogen) atoms. The Bertz CT molecular complexity index is 570. The minimum Gasteiger partial charge on any atom is -0.379 e. The number of nitrogens with zero attached hydrogens (tertiary/aromatic N) is 1. The van der Waals surface area contributed by atoms with E-state index in [2.05, 4.69) is 10.2 Å². The van der Waals surface area contributed by atoms with E-state index in [1.54, 1.807) is 0 Å². The standard InChI is InChI=1S/C17H22ClFN2O2S/c18-13-2-1-3-14(19)15(13)16(22)20-12-17(4-10-24-11-5-17)21-6-8-23-9-7-21/h1-3H,4-12H2,(H,20,22). The number of thioether (sulfide) groups is 1. The lowest BCUT2D eigenvalue weighted by atomic mass is 9.89. The summed E-state index contributed by atoms with van der Waals surface area (Å²) in [5.41, 5.74) is -0.135. The molecule has 0 spiro atoms. The molecule has 0 radical (unpaired) electrons. The van der Waals surface area contributed by atoms with Gasteiger partial charge in [0.25, 0.3) is 5.91 Å². The van der Waals surface area contributed by atoms with Gasteiger partial charge in [-0.1, -0.05) is 17.7 Å². The average Bonchev–Trinajstić information content (AvgIpc) is 2.61. The first kappa shape index (κ1) is 18.0. The van der Waals surface area contributed by atoms with Crippen molar-refractivity contribution in [3.8, 4) is 0 Å². The smallest absolute Gasteiger partial charge is 0.255 e. The molecule has 0 saturated carbocycles. The molecule has 0 aliphatic carbocycles. The van der Waals surface area contributed by atoms with Gasteiger partial charge in [0.05, 0.1) is 23.8 Å². The third-order valence-electron chi connectivity index (χ3n) is 4.87. The number of morpholine rings is 1. The van der Waals surface area contributed by atoms with Crippen molar-refractivity contribution in [1.29, 1.82) is 0 Å². The molecule has 0 aromatic heterocycles. The number of carbonyl (C=O) groups excluding carboxylic acids is 1. The summed E-state index contributed by atoms with van der Waals surface area (Å²) in [5, 5.41) is 3.08. The molecule has 1 amide bonds. The van der Waals surface area contributed by atoms with Gasteiger partial charge in [0.2, 0.25) is 0 Å². The van der Waals surface area contributed by atoms with Gasteiger partial charge in [0, 0.05) is 25.2 Å². The zero-order chi connectivity index (χ0) is 17.0. The molecule has 1 aromatic rings. The van der Waals surface area contributed by atoms with Gasteiger partial charge in [-0.25, -0.2) is 4.39 Å². The van der Waals surface area contributed by atoms with E-state index in [-0.39, 0.29) is 16.1 Å². The van der Waals surface area contributed by atoms with Gasteiger partial charge in [-0.3, -0.25) is 9.69 Å². The van der Waals surface area contributed by atoms with Crippen molar-refractivity contribution in [1.82, 2.24) is 10.2 Å². The second kappa shape index (κ2) is 8.04. The highest BCUT2D eigenvalue weighted by atomic mass is 35.5. The van der Waals surface area contributed by atoms with Crippen LogP contribution in [0.3, 0.4) is 0 Å². The Kier molecular flexibility index (Phi) is 6.02. The average molecular weight is 373 g/mol. The molecule has 2 heterocycles. The van der Waals surface area contributed by atoms with Crippen molar-refractivity contribution >= 4 is 29.3 Å². The first-order valence-corrected chi connectivity index (χ1v) is 9.78. The summed E-state index contributed by atoms with van der Waals surface area (Å²) in [6, 6.07) is 4.30. The van der Waals surface area contributed by atoms with E-state index in [1.165, 1.54) is 18.2 Å². The Labute approximate surface area is 151 Å². The lowest BCUT2D eigenvalue weighted by molar-refractivity contribution is -0.0255. The number of nitrogens with one attached hydrogen (secondary N) is 1. The fourth-order valence-corrected chi connectivity index (χ4v) is 4.94. The molecule has 7 heteroatoms. The fourth-order valence-electron chi connectivity index (χ4n) is 3.44. The van der Waals surface area contributed by atoms with E-state index in [1.807, 2.05) is 11.8 Å². The van der Waals surface area contributed by atoms with Crippen molar-refractivity contribution in [2.75, 3.05) is 44.4 Å². The highest BCUT2D eigenvalue weighted by Crippen LogP contribution is 2.33. The number of amides is 1. The molecule has 132 valence electrons. The predicted molar refractivity (Wildman–Crippen MR) is 95.4 cm³/mol. The Morgan fingerprint density at radius 3 is 2.71 bits per heavy atom. The molecule has 0 unspecified atom stereocenters. The highest BCUT2D eigenvalue weighted by molar-refractivity contribution is 7.99. The van der Waals surface area contributed by atoms with Crippen LogP contribution in [0.1, 0.15) is 23.2 Å². The zero-order valence-electron chi connectivity index (χ0n) is 13.5. The van der Waals surface area contributed by atoms with Crippen LogP contribution >= 0.6 is 23.4 Å². The van der Waals surface area contributed by atoms with Crippen LogP contribution in [0.15, 0.2) is 18.2 Å². The molecule has 2 saturated heterocycles. The lowest BCUT2D eigenvalue weighted by Gasteiger charge is -2.48.